The molecule has 1 aromatic heterocycles. The zero-order valence-electron chi connectivity index (χ0n) is 9.08. The van der Waals surface area contributed by atoms with Crippen LogP contribution in [0.5, 0.6) is 0 Å². The Bertz CT molecular complexity index is 680. The van der Waals surface area contributed by atoms with Crippen molar-refractivity contribution in [3.8, 4) is 12.1 Å². The van der Waals surface area contributed by atoms with E-state index in [1.165, 1.54) is 0 Å². The van der Waals surface area contributed by atoms with Gasteiger partial charge in [0.2, 0.25) is 0 Å². The third-order valence-corrected chi connectivity index (χ3v) is 3.02. The number of allylic oxidation sites excluding steroid dienone is 1. The van der Waals surface area contributed by atoms with Gasteiger partial charge in [-0.2, -0.15) is 10.5 Å². The molecule has 17 heavy (non-hydrogen) atoms. The molecule has 1 heterocycles. The summed E-state index contributed by atoms with van der Waals surface area (Å²) >= 11 is 3.41. The molecule has 0 bridgehead atoms. The summed E-state index contributed by atoms with van der Waals surface area (Å²) in [7, 11) is 0. The van der Waals surface area contributed by atoms with Gasteiger partial charge < -0.3 is 4.98 Å². The first-order valence-electron chi connectivity index (χ1n) is 4.95. The lowest BCUT2D eigenvalue weighted by Gasteiger charge is -1.94. The van der Waals surface area contributed by atoms with E-state index in [0.29, 0.717) is 0 Å². The predicted octanol–water partition coefficient (Wildman–Crippen LogP) is 3.67. The van der Waals surface area contributed by atoms with Gasteiger partial charge in [0, 0.05) is 26.6 Å². The van der Waals surface area contributed by atoms with Crippen molar-refractivity contribution in [3.63, 3.8) is 0 Å². The Morgan fingerprint density at radius 2 is 2.06 bits per heavy atom. The average molecular weight is 286 g/mol. The van der Waals surface area contributed by atoms with Gasteiger partial charge in [-0.1, -0.05) is 15.9 Å². The van der Waals surface area contributed by atoms with Crippen LogP contribution in [-0.2, 0) is 0 Å². The van der Waals surface area contributed by atoms with Crippen molar-refractivity contribution in [2.75, 3.05) is 0 Å². The highest BCUT2D eigenvalue weighted by molar-refractivity contribution is 9.10. The molecule has 2 aromatic rings. The van der Waals surface area contributed by atoms with Gasteiger partial charge in [0.05, 0.1) is 0 Å². The summed E-state index contributed by atoms with van der Waals surface area (Å²) < 4.78 is 0.967. The van der Waals surface area contributed by atoms with Crippen LogP contribution >= 0.6 is 15.9 Å². The zero-order chi connectivity index (χ0) is 12.4. The number of hydrogen-bond donors (Lipinski definition) is 1. The maximum atomic E-state index is 8.78. The summed E-state index contributed by atoms with van der Waals surface area (Å²) in [6.45, 7) is 1.92. The van der Waals surface area contributed by atoms with E-state index in [2.05, 4.69) is 20.9 Å². The quantitative estimate of drug-likeness (QED) is 0.813. The largest absolute Gasteiger partial charge is 0.358 e. The Morgan fingerprint density at radius 1 is 1.35 bits per heavy atom. The van der Waals surface area contributed by atoms with Crippen LogP contribution < -0.4 is 0 Å². The number of benzene rings is 1. The predicted molar refractivity (Wildman–Crippen MR) is 69.9 cm³/mol. The molecule has 82 valence electrons. The number of aromatic nitrogens is 1. The van der Waals surface area contributed by atoms with Crippen molar-refractivity contribution in [1.82, 2.24) is 4.98 Å². The molecule has 0 radical (unpaired) electrons. The number of nitrogens with one attached hydrogen (secondary N) is 1. The lowest BCUT2D eigenvalue weighted by molar-refractivity contribution is 1.29. The van der Waals surface area contributed by atoms with Gasteiger partial charge in [-0.3, -0.25) is 0 Å². The molecule has 4 heteroatoms. The molecule has 0 amide bonds. The second kappa shape index (κ2) is 4.45. The Kier molecular flexibility index (Phi) is 2.99. The summed E-state index contributed by atoms with van der Waals surface area (Å²) in [5.41, 5.74) is 2.93. The molecule has 0 atom stereocenters. The fourth-order valence-electron chi connectivity index (χ4n) is 1.74. The first-order chi connectivity index (χ1) is 8.15. The van der Waals surface area contributed by atoms with Crippen molar-refractivity contribution in [2.24, 2.45) is 0 Å². The molecule has 0 spiro atoms. The van der Waals surface area contributed by atoms with Crippen LogP contribution in [0.3, 0.4) is 0 Å². The van der Waals surface area contributed by atoms with Gasteiger partial charge in [0.1, 0.15) is 17.7 Å². The number of nitrogens with zero attached hydrogens (tertiary/aromatic N) is 2. The Hall–Kier alpha value is -2.04. The maximum Gasteiger partial charge on any atom is 0.130 e. The Morgan fingerprint density at radius 3 is 2.71 bits per heavy atom. The number of hydrogen-bond acceptors (Lipinski definition) is 2. The monoisotopic (exact) mass is 285 g/mol. The molecular formula is C13H8BrN3. The fourth-order valence-corrected chi connectivity index (χ4v) is 2.10. The summed E-state index contributed by atoms with van der Waals surface area (Å²) in [6, 6.07) is 9.62. The minimum atomic E-state index is 0.106. The summed E-state index contributed by atoms with van der Waals surface area (Å²) in [5.74, 6) is 0. The van der Waals surface area contributed by atoms with Gasteiger partial charge in [0.15, 0.2) is 0 Å². The zero-order valence-corrected chi connectivity index (χ0v) is 10.7. The van der Waals surface area contributed by atoms with Gasteiger partial charge >= 0.3 is 0 Å². The molecule has 0 saturated heterocycles. The first-order valence-corrected chi connectivity index (χ1v) is 5.74. The number of rotatable bonds is 1. The molecule has 1 N–H and O–H groups in total. The van der Waals surface area contributed by atoms with Crippen molar-refractivity contribution in [1.29, 1.82) is 10.5 Å². The Labute approximate surface area is 107 Å². The van der Waals surface area contributed by atoms with Crippen LogP contribution in [0.25, 0.3) is 17.0 Å². The molecule has 0 saturated carbocycles. The second-order valence-electron chi connectivity index (χ2n) is 3.64. The number of nitriles is 2. The van der Waals surface area contributed by atoms with Gasteiger partial charge in [-0.15, -0.1) is 0 Å². The fraction of sp³-hybridized carbons (Fsp3) is 0.0769. The molecule has 0 aliphatic rings. The number of halogens is 1. The van der Waals surface area contributed by atoms with Crippen molar-refractivity contribution >= 4 is 32.9 Å². The van der Waals surface area contributed by atoms with E-state index in [-0.39, 0.29) is 5.57 Å². The first kappa shape index (κ1) is 11.4. The maximum absolute atomic E-state index is 8.78. The highest BCUT2D eigenvalue weighted by atomic mass is 79.9. The van der Waals surface area contributed by atoms with Crippen LogP contribution in [0.4, 0.5) is 0 Å². The number of fused-ring (bicyclic) bond motifs is 1. The van der Waals surface area contributed by atoms with Crippen LogP contribution in [0.2, 0.25) is 0 Å². The third kappa shape index (κ3) is 2.08. The molecule has 0 aliphatic heterocycles. The standard InChI is InChI=1S/C13H8BrN3/c1-8-11(4-9(6-15)7-16)12-5-10(14)2-3-13(12)17-8/h2-5,17H,1H3. The SMILES string of the molecule is Cc1[nH]c2ccc(Br)cc2c1C=C(C#N)C#N. The van der Waals surface area contributed by atoms with Crippen molar-refractivity contribution in [3.05, 3.63) is 39.5 Å². The highest BCUT2D eigenvalue weighted by Gasteiger charge is 2.07. The van der Waals surface area contributed by atoms with E-state index >= 15 is 0 Å². The molecule has 2 rings (SSSR count). The summed E-state index contributed by atoms with van der Waals surface area (Å²) in [6.07, 6.45) is 1.61. The van der Waals surface area contributed by atoms with Gasteiger partial charge in [0.25, 0.3) is 0 Å². The van der Waals surface area contributed by atoms with E-state index in [1.54, 1.807) is 6.08 Å². The number of H-pyrrole nitrogens is 1. The van der Waals surface area contributed by atoms with Crippen LogP contribution in [-0.4, -0.2) is 4.98 Å². The number of aromatic amines is 1. The van der Waals surface area contributed by atoms with Crippen molar-refractivity contribution in [2.45, 2.75) is 6.92 Å². The second-order valence-corrected chi connectivity index (χ2v) is 4.55. The van der Waals surface area contributed by atoms with E-state index in [1.807, 2.05) is 37.3 Å². The molecule has 1 aromatic carbocycles. The molecular weight excluding hydrogens is 278 g/mol. The molecule has 3 nitrogen and oxygen atoms in total. The minimum Gasteiger partial charge on any atom is -0.358 e. The van der Waals surface area contributed by atoms with Crippen molar-refractivity contribution < 1.29 is 0 Å². The van der Waals surface area contributed by atoms with Gasteiger partial charge in [-0.25, -0.2) is 0 Å². The molecule has 0 unspecified atom stereocenters. The van der Waals surface area contributed by atoms with E-state index < -0.39 is 0 Å². The normalized spacial score (nSPS) is 9.65. The lowest BCUT2D eigenvalue weighted by atomic mass is 10.1. The Balaban J connectivity index is 2.74. The van der Waals surface area contributed by atoms with E-state index in [4.69, 9.17) is 10.5 Å². The summed E-state index contributed by atoms with van der Waals surface area (Å²) in [5, 5.41) is 18.6. The van der Waals surface area contributed by atoms with Crippen LogP contribution in [0.15, 0.2) is 28.2 Å². The van der Waals surface area contributed by atoms with E-state index in [0.717, 1.165) is 26.6 Å². The minimum absolute atomic E-state index is 0.106. The molecule has 0 aliphatic carbocycles. The average Bonchev–Trinajstić information content (AvgIpc) is 2.62. The number of aryl methyl sites for hydroxylation is 1. The lowest BCUT2D eigenvalue weighted by Crippen LogP contribution is -1.78. The van der Waals surface area contributed by atoms with Gasteiger partial charge in [-0.05, 0) is 31.2 Å². The van der Waals surface area contributed by atoms with E-state index in [9.17, 15) is 0 Å². The molecule has 0 fully saturated rings. The smallest absolute Gasteiger partial charge is 0.130 e. The topological polar surface area (TPSA) is 63.4 Å². The van der Waals surface area contributed by atoms with Crippen LogP contribution in [0.1, 0.15) is 11.3 Å². The van der Waals surface area contributed by atoms with Crippen LogP contribution in [0, 0.1) is 29.6 Å². The third-order valence-electron chi connectivity index (χ3n) is 2.53. The highest BCUT2D eigenvalue weighted by Crippen LogP contribution is 2.27. The summed E-state index contributed by atoms with van der Waals surface area (Å²) in [4.78, 5) is 3.22.